The van der Waals surface area contributed by atoms with Crippen LogP contribution in [0.4, 0.5) is 16.0 Å². The first-order chi connectivity index (χ1) is 15.6. The van der Waals surface area contributed by atoms with E-state index in [1.807, 2.05) is 0 Å². The SMILES string of the molecule is N#CC(=N)c1ccc(C(=O)N2CCOCC2)cc1Nc1ncc(-c2ccccc2F)cn1. The van der Waals surface area contributed by atoms with Crippen molar-refractivity contribution in [3.05, 3.63) is 71.8 Å². The van der Waals surface area contributed by atoms with Gasteiger partial charge in [-0.2, -0.15) is 5.26 Å². The van der Waals surface area contributed by atoms with E-state index >= 15 is 0 Å². The Labute approximate surface area is 183 Å². The minimum Gasteiger partial charge on any atom is -0.378 e. The number of benzene rings is 2. The lowest BCUT2D eigenvalue weighted by molar-refractivity contribution is 0.0303. The van der Waals surface area contributed by atoms with Crippen molar-refractivity contribution in [1.29, 1.82) is 10.7 Å². The molecule has 1 aliphatic heterocycles. The Bertz CT molecular complexity index is 1200. The Morgan fingerprint density at radius 3 is 2.56 bits per heavy atom. The van der Waals surface area contributed by atoms with Gasteiger partial charge in [-0.25, -0.2) is 14.4 Å². The summed E-state index contributed by atoms with van der Waals surface area (Å²) in [5.41, 5.74) is 1.70. The Hall–Kier alpha value is -4.16. The highest BCUT2D eigenvalue weighted by atomic mass is 19.1. The number of nitrogens with zero attached hydrogens (tertiary/aromatic N) is 4. The van der Waals surface area contributed by atoms with Crippen LogP contribution >= 0.6 is 0 Å². The van der Waals surface area contributed by atoms with Gasteiger partial charge in [0, 0.05) is 47.7 Å². The van der Waals surface area contributed by atoms with E-state index < -0.39 is 0 Å². The number of anilines is 2. The molecule has 1 amide bonds. The van der Waals surface area contributed by atoms with Gasteiger partial charge in [0.2, 0.25) is 5.95 Å². The van der Waals surface area contributed by atoms with Gasteiger partial charge in [-0.3, -0.25) is 10.2 Å². The molecule has 0 radical (unpaired) electrons. The molecule has 8 nitrogen and oxygen atoms in total. The summed E-state index contributed by atoms with van der Waals surface area (Å²) >= 11 is 0. The highest BCUT2D eigenvalue weighted by molar-refractivity contribution is 6.13. The quantitative estimate of drug-likeness (QED) is 0.600. The molecular weight excluding hydrogens is 411 g/mol. The topological polar surface area (TPSA) is 115 Å². The van der Waals surface area contributed by atoms with E-state index in [2.05, 4.69) is 15.3 Å². The highest BCUT2D eigenvalue weighted by Gasteiger charge is 2.20. The summed E-state index contributed by atoms with van der Waals surface area (Å²) in [7, 11) is 0. The molecular formula is C23H19FN6O2. The van der Waals surface area contributed by atoms with Crippen LogP contribution in [0.5, 0.6) is 0 Å². The summed E-state index contributed by atoms with van der Waals surface area (Å²) in [4.78, 5) is 23.0. The highest BCUT2D eigenvalue weighted by Crippen LogP contribution is 2.25. The standard InChI is InChI=1S/C23H19FN6O2/c24-19-4-2-1-3-17(19)16-13-27-23(28-14-16)29-21-11-15(5-6-18(21)20(26)12-25)22(31)30-7-9-32-10-8-30/h1-6,11,13-14,26H,7-10H2,(H,27,28,29). The Kier molecular flexibility index (Phi) is 6.14. The lowest BCUT2D eigenvalue weighted by atomic mass is 10.0. The van der Waals surface area contributed by atoms with Crippen LogP contribution in [0.25, 0.3) is 11.1 Å². The van der Waals surface area contributed by atoms with Crippen LogP contribution in [0, 0.1) is 22.6 Å². The van der Waals surface area contributed by atoms with Gasteiger partial charge in [0.05, 0.1) is 18.9 Å². The normalized spacial score (nSPS) is 13.3. The first kappa shape index (κ1) is 21.1. The van der Waals surface area contributed by atoms with Crippen molar-refractivity contribution >= 4 is 23.3 Å². The second-order valence-electron chi connectivity index (χ2n) is 7.05. The zero-order valence-corrected chi connectivity index (χ0v) is 17.0. The van der Waals surface area contributed by atoms with Crippen molar-refractivity contribution in [3.8, 4) is 17.2 Å². The summed E-state index contributed by atoms with van der Waals surface area (Å²) in [5.74, 6) is -0.355. The first-order valence-corrected chi connectivity index (χ1v) is 9.91. The van der Waals surface area contributed by atoms with Gasteiger partial charge in [0.15, 0.2) is 0 Å². The van der Waals surface area contributed by atoms with Gasteiger partial charge in [-0.15, -0.1) is 0 Å². The van der Waals surface area contributed by atoms with Crippen LogP contribution in [-0.4, -0.2) is 52.8 Å². The molecule has 2 aromatic carbocycles. The van der Waals surface area contributed by atoms with E-state index in [4.69, 9.17) is 10.1 Å². The van der Waals surface area contributed by atoms with Crippen LogP contribution in [0.3, 0.4) is 0 Å². The van der Waals surface area contributed by atoms with Crippen LogP contribution in [0.1, 0.15) is 15.9 Å². The molecule has 160 valence electrons. The molecule has 0 saturated carbocycles. The zero-order chi connectivity index (χ0) is 22.5. The summed E-state index contributed by atoms with van der Waals surface area (Å²) in [6, 6.07) is 12.8. The second kappa shape index (κ2) is 9.32. The fourth-order valence-corrected chi connectivity index (χ4v) is 3.36. The molecule has 32 heavy (non-hydrogen) atoms. The molecule has 1 aromatic heterocycles. The summed E-state index contributed by atoms with van der Waals surface area (Å²) in [6.07, 6.45) is 2.96. The minimum absolute atomic E-state index is 0.165. The van der Waals surface area contributed by atoms with Crippen LogP contribution < -0.4 is 5.32 Å². The number of hydrogen-bond acceptors (Lipinski definition) is 7. The van der Waals surface area contributed by atoms with E-state index in [1.54, 1.807) is 47.4 Å². The fourth-order valence-electron chi connectivity index (χ4n) is 3.36. The van der Waals surface area contributed by atoms with E-state index in [9.17, 15) is 14.4 Å². The third-order valence-electron chi connectivity index (χ3n) is 5.03. The van der Waals surface area contributed by atoms with Crippen LogP contribution in [0.15, 0.2) is 54.9 Å². The third-order valence-corrected chi connectivity index (χ3v) is 5.03. The Morgan fingerprint density at radius 1 is 1.16 bits per heavy atom. The number of amides is 1. The van der Waals surface area contributed by atoms with E-state index in [0.29, 0.717) is 54.2 Å². The number of halogens is 1. The number of nitriles is 1. The largest absolute Gasteiger partial charge is 0.378 e. The third kappa shape index (κ3) is 4.45. The Morgan fingerprint density at radius 2 is 1.88 bits per heavy atom. The Balaban J connectivity index is 1.62. The summed E-state index contributed by atoms with van der Waals surface area (Å²) in [6.45, 7) is 1.96. The predicted molar refractivity (Wildman–Crippen MR) is 116 cm³/mol. The van der Waals surface area contributed by atoms with Gasteiger partial charge < -0.3 is 15.0 Å². The van der Waals surface area contributed by atoms with Crippen molar-refractivity contribution in [2.45, 2.75) is 0 Å². The molecule has 2 N–H and O–H groups in total. The molecule has 9 heteroatoms. The fraction of sp³-hybridized carbons (Fsp3) is 0.174. The zero-order valence-electron chi connectivity index (χ0n) is 17.0. The van der Waals surface area contributed by atoms with Crippen molar-refractivity contribution in [3.63, 3.8) is 0 Å². The first-order valence-electron chi connectivity index (χ1n) is 9.91. The molecule has 0 atom stereocenters. The van der Waals surface area contributed by atoms with Crippen molar-refractivity contribution < 1.29 is 13.9 Å². The molecule has 0 spiro atoms. The van der Waals surface area contributed by atoms with Gasteiger partial charge in [-0.05, 0) is 24.3 Å². The molecule has 1 fully saturated rings. The number of morpholine rings is 1. The molecule has 0 bridgehead atoms. The van der Waals surface area contributed by atoms with Crippen molar-refractivity contribution in [2.75, 3.05) is 31.6 Å². The van der Waals surface area contributed by atoms with Crippen LogP contribution in [0.2, 0.25) is 0 Å². The van der Waals surface area contributed by atoms with Crippen molar-refractivity contribution in [1.82, 2.24) is 14.9 Å². The molecule has 2 heterocycles. The molecule has 3 aromatic rings. The summed E-state index contributed by atoms with van der Waals surface area (Å²) < 4.78 is 19.3. The van der Waals surface area contributed by atoms with Gasteiger partial charge in [0.25, 0.3) is 5.91 Å². The molecule has 0 aliphatic carbocycles. The van der Waals surface area contributed by atoms with Gasteiger partial charge >= 0.3 is 0 Å². The number of hydrogen-bond donors (Lipinski definition) is 2. The van der Waals surface area contributed by atoms with E-state index in [-0.39, 0.29) is 23.4 Å². The monoisotopic (exact) mass is 430 g/mol. The molecule has 0 unspecified atom stereocenters. The average molecular weight is 430 g/mol. The maximum absolute atomic E-state index is 14.0. The van der Waals surface area contributed by atoms with Crippen molar-refractivity contribution in [2.24, 2.45) is 0 Å². The number of aromatic nitrogens is 2. The smallest absolute Gasteiger partial charge is 0.254 e. The molecule has 1 aliphatic rings. The van der Waals surface area contributed by atoms with E-state index in [0.717, 1.165) is 0 Å². The second-order valence-corrected chi connectivity index (χ2v) is 7.05. The lowest BCUT2D eigenvalue weighted by Gasteiger charge is -2.27. The minimum atomic E-state index is -0.379. The average Bonchev–Trinajstić information content (AvgIpc) is 2.84. The van der Waals surface area contributed by atoms with Gasteiger partial charge in [0.1, 0.15) is 17.6 Å². The maximum Gasteiger partial charge on any atom is 0.254 e. The predicted octanol–water partition coefficient (Wildman–Crippen LogP) is 3.39. The molecule has 1 saturated heterocycles. The number of carbonyl (C=O) groups excluding carboxylic acids is 1. The van der Waals surface area contributed by atoms with Gasteiger partial charge in [-0.1, -0.05) is 18.2 Å². The van der Waals surface area contributed by atoms with Crippen LogP contribution in [-0.2, 0) is 4.74 Å². The number of carbonyl (C=O) groups is 1. The number of ether oxygens (including phenoxy) is 1. The maximum atomic E-state index is 14.0. The molecule has 4 rings (SSSR count). The summed E-state index contributed by atoms with van der Waals surface area (Å²) in [5, 5.41) is 20.1. The lowest BCUT2D eigenvalue weighted by Crippen LogP contribution is -2.40. The van der Waals surface area contributed by atoms with E-state index in [1.165, 1.54) is 18.5 Å². The number of rotatable bonds is 5. The number of nitrogens with one attached hydrogen (secondary N) is 2.